The van der Waals surface area contributed by atoms with E-state index in [0.29, 0.717) is 0 Å². The minimum absolute atomic E-state index is 0.779. The zero-order valence-corrected chi connectivity index (χ0v) is 13.4. The van der Waals surface area contributed by atoms with Gasteiger partial charge in [-0.1, -0.05) is 38.5 Å². The van der Waals surface area contributed by atoms with Crippen molar-refractivity contribution in [3.8, 4) is 0 Å². The molecule has 2 heteroatoms. The first kappa shape index (κ1) is 14.8. The van der Waals surface area contributed by atoms with E-state index >= 15 is 0 Å². The van der Waals surface area contributed by atoms with E-state index in [0.717, 1.165) is 23.8 Å². The van der Waals surface area contributed by atoms with E-state index in [1.165, 1.54) is 83.8 Å². The Labute approximate surface area is 125 Å². The number of likely N-dealkylation sites (tertiary alicyclic amines) is 1. The normalized spacial score (nSPS) is 40.0. The Bertz CT molecular complexity index is 291. The Morgan fingerprint density at radius 2 is 1.60 bits per heavy atom. The van der Waals surface area contributed by atoms with Gasteiger partial charge in [0, 0.05) is 19.1 Å². The van der Waals surface area contributed by atoms with Crippen molar-refractivity contribution in [1.82, 2.24) is 10.2 Å². The predicted octanol–water partition coefficient (Wildman–Crippen LogP) is 3.67. The molecule has 3 fully saturated rings. The monoisotopic (exact) mass is 278 g/mol. The largest absolute Gasteiger partial charge is 0.317 e. The van der Waals surface area contributed by atoms with E-state index in [1.54, 1.807) is 0 Å². The molecule has 0 aromatic rings. The van der Waals surface area contributed by atoms with E-state index in [1.807, 2.05) is 0 Å². The highest BCUT2D eigenvalue weighted by Gasteiger charge is 2.33. The first-order valence-electron chi connectivity index (χ1n) is 9.26. The quantitative estimate of drug-likeness (QED) is 0.793. The fourth-order valence-electron chi connectivity index (χ4n) is 5.16. The van der Waals surface area contributed by atoms with Crippen LogP contribution in [0, 0.1) is 17.8 Å². The summed E-state index contributed by atoms with van der Waals surface area (Å²) in [6.07, 6.45) is 14.7. The van der Waals surface area contributed by atoms with Gasteiger partial charge in [0.2, 0.25) is 0 Å². The van der Waals surface area contributed by atoms with E-state index in [2.05, 4.69) is 17.3 Å². The Hall–Kier alpha value is -0.0800. The van der Waals surface area contributed by atoms with Gasteiger partial charge in [-0.05, 0) is 57.0 Å². The van der Waals surface area contributed by atoms with Gasteiger partial charge in [0.15, 0.2) is 0 Å². The zero-order valence-electron chi connectivity index (χ0n) is 13.4. The maximum absolute atomic E-state index is 3.61. The van der Waals surface area contributed by atoms with Gasteiger partial charge in [-0.2, -0.15) is 0 Å². The molecule has 1 aliphatic heterocycles. The number of hydrogen-bond donors (Lipinski definition) is 1. The van der Waals surface area contributed by atoms with E-state index in [9.17, 15) is 0 Å². The lowest BCUT2D eigenvalue weighted by Crippen LogP contribution is -2.46. The van der Waals surface area contributed by atoms with Crippen LogP contribution in [0.1, 0.15) is 64.2 Å². The molecule has 4 atom stereocenters. The fraction of sp³-hybridized carbons (Fsp3) is 1.00. The van der Waals surface area contributed by atoms with Gasteiger partial charge in [0.1, 0.15) is 0 Å². The molecule has 0 spiro atoms. The molecule has 116 valence electrons. The first-order valence-corrected chi connectivity index (χ1v) is 9.26. The number of nitrogens with one attached hydrogen (secondary N) is 1. The second-order valence-corrected chi connectivity index (χ2v) is 7.65. The summed E-state index contributed by atoms with van der Waals surface area (Å²) in [5, 5.41) is 3.61. The molecule has 1 saturated heterocycles. The summed E-state index contributed by atoms with van der Waals surface area (Å²) in [4.78, 5) is 2.83. The maximum atomic E-state index is 3.61. The third-order valence-electron chi connectivity index (χ3n) is 6.40. The average Bonchev–Trinajstić information content (AvgIpc) is 2.72. The van der Waals surface area contributed by atoms with E-state index < -0.39 is 0 Å². The first-order chi connectivity index (χ1) is 9.86. The van der Waals surface area contributed by atoms with Crippen molar-refractivity contribution in [2.45, 2.75) is 70.3 Å². The molecule has 2 aliphatic carbocycles. The number of fused-ring (bicyclic) bond motifs is 1. The number of nitrogens with zero attached hydrogens (tertiary/aromatic N) is 1. The van der Waals surface area contributed by atoms with Crippen LogP contribution >= 0.6 is 0 Å². The third kappa shape index (κ3) is 3.57. The second kappa shape index (κ2) is 7.26. The molecule has 1 N–H and O–H groups in total. The highest BCUT2D eigenvalue weighted by molar-refractivity contribution is 4.87. The fourth-order valence-corrected chi connectivity index (χ4v) is 5.16. The standard InChI is InChI=1S/C18H34N2/c1-19-18-10-4-2-3-9-17(18)14-20-12-11-15-7-5-6-8-16(15)13-20/h15-19H,2-14H2,1H3. The minimum Gasteiger partial charge on any atom is -0.317 e. The van der Waals surface area contributed by atoms with Crippen molar-refractivity contribution in [2.24, 2.45) is 17.8 Å². The molecule has 0 aromatic heterocycles. The number of piperidine rings is 1. The lowest BCUT2D eigenvalue weighted by atomic mass is 9.75. The van der Waals surface area contributed by atoms with E-state index in [-0.39, 0.29) is 0 Å². The molecule has 4 unspecified atom stereocenters. The summed E-state index contributed by atoms with van der Waals surface area (Å²) in [5.41, 5.74) is 0. The van der Waals surface area contributed by atoms with Crippen LogP contribution in [0.2, 0.25) is 0 Å². The van der Waals surface area contributed by atoms with Crippen molar-refractivity contribution in [3.63, 3.8) is 0 Å². The van der Waals surface area contributed by atoms with Crippen molar-refractivity contribution in [2.75, 3.05) is 26.7 Å². The van der Waals surface area contributed by atoms with Gasteiger partial charge < -0.3 is 10.2 Å². The van der Waals surface area contributed by atoms with Gasteiger partial charge in [0.25, 0.3) is 0 Å². The highest BCUT2D eigenvalue weighted by Crippen LogP contribution is 2.36. The Balaban J connectivity index is 1.53. The lowest BCUT2D eigenvalue weighted by molar-refractivity contribution is 0.0694. The van der Waals surface area contributed by atoms with Crippen LogP contribution in [0.3, 0.4) is 0 Å². The summed E-state index contributed by atoms with van der Waals surface area (Å²) in [5.74, 6) is 3.02. The molecule has 0 amide bonds. The number of rotatable bonds is 3. The topological polar surface area (TPSA) is 15.3 Å². The third-order valence-corrected chi connectivity index (χ3v) is 6.40. The summed E-state index contributed by atoms with van der Waals surface area (Å²) >= 11 is 0. The molecule has 3 aliphatic rings. The highest BCUT2D eigenvalue weighted by atomic mass is 15.1. The molecule has 3 rings (SSSR count). The molecule has 0 radical (unpaired) electrons. The smallest absolute Gasteiger partial charge is 0.0104 e. The Morgan fingerprint density at radius 1 is 0.850 bits per heavy atom. The molecule has 2 nitrogen and oxygen atoms in total. The summed E-state index contributed by atoms with van der Waals surface area (Å²) in [6.45, 7) is 4.17. The van der Waals surface area contributed by atoms with Crippen molar-refractivity contribution >= 4 is 0 Å². The molecular weight excluding hydrogens is 244 g/mol. The predicted molar refractivity (Wildman–Crippen MR) is 85.9 cm³/mol. The Kier molecular flexibility index (Phi) is 5.39. The SMILES string of the molecule is CNC1CCCCCC1CN1CCC2CCCCC2C1. The van der Waals surface area contributed by atoms with Crippen molar-refractivity contribution < 1.29 is 0 Å². The van der Waals surface area contributed by atoms with Gasteiger partial charge in [-0.15, -0.1) is 0 Å². The van der Waals surface area contributed by atoms with Gasteiger partial charge in [0.05, 0.1) is 0 Å². The zero-order chi connectivity index (χ0) is 13.8. The van der Waals surface area contributed by atoms with Crippen LogP contribution in [0.5, 0.6) is 0 Å². The average molecular weight is 278 g/mol. The van der Waals surface area contributed by atoms with E-state index in [4.69, 9.17) is 0 Å². The molecule has 1 heterocycles. The Morgan fingerprint density at radius 3 is 2.45 bits per heavy atom. The maximum Gasteiger partial charge on any atom is 0.0104 e. The minimum atomic E-state index is 0.779. The van der Waals surface area contributed by atoms with Crippen molar-refractivity contribution in [3.05, 3.63) is 0 Å². The van der Waals surface area contributed by atoms with Gasteiger partial charge >= 0.3 is 0 Å². The van der Waals surface area contributed by atoms with Crippen LogP contribution in [0.15, 0.2) is 0 Å². The van der Waals surface area contributed by atoms with Gasteiger partial charge in [-0.3, -0.25) is 0 Å². The number of hydrogen-bond acceptors (Lipinski definition) is 2. The van der Waals surface area contributed by atoms with Crippen LogP contribution in [0.25, 0.3) is 0 Å². The molecule has 20 heavy (non-hydrogen) atoms. The summed E-state index contributed by atoms with van der Waals surface area (Å²) in [7, 11) is 2.18. The van der Waals surface area contributed by atoms with Crippen LogP contribution in [0.4, 0.5) is 0 Å². The molecule has 0 bridgehead atoms. The van der Waals surface area contributed by atoms with Crippen LogP contribution in [-0.2, 0) is 0 Å². The van der Waals surface area contributed by atoms with Crippen molar-refractivity contribution in [1.29, 1.82) is 0 Å². The molecule has 2 saturated carbocycles. The van der Waals surface area contributed by atoms with Gasteiger partial charge in [-0.25, -0.2) is 0 Å². The second-order valence-electron chi connectivity index (χ2n) is 7.65. The summed E-state index contributed by atoms with van der Waals surface area (Å²) < 4.78 is 0. The van der Waals surface area contributed by atoms with Crippen LogP contribution in [-0.4, -0.2) is 37.6 Å². The summed E-state index contributed by atoms with van der Waals surface area (Å²) in [6, 6.07) is 0.779. The molecular formula is C18H34N2. The lowest BCUT2D eigenvalue weighted by Gasteiger charge is -2.43. The van der Waals surface area contributed by atoms with Crippen LogP contribution < -0.4 is 5.32 Å². The molecule has 0 aromatic carbocycles.